The number of hydrogen-bond acceptors (Lipinski definition) is 2. The maximum absolute atomic E-state index is 13.8. The van der Waals surface area contributed by atoms with E-state index in [2.05, 4.69) is 5.32 Å². The highest BCUT2D eigenvalue weighted by Gasteiger charge is 2.22. The lowest BCUT2D eigenvalue weighted by Crippen LogP contribution is -2.19. The third kappa shape index (κ3) is 2.64. The average molecular weight is 306 g/mol. The maximum atomic E-state index is 13.8. The Labute approximate surface area is 126 Å². The van der Waals surface area contributed by atoms with Gasteiger partial charge in [0.2, 0.25) is 5.91 Å². The van der Waals surface area contributed by atoms with Gasteiger partial charge in [0.15, 0.2) is 0 Å². The molecule has 0 fully saturated rings. The molecule has 0 spiro atoms. The Kier molecular flexibility index (Phi) is 3.66. The molecule has 0 radical (unpaired) electrons. The monoisotopic (exact) mass is 305 g/mol. The van der Waals surface area contributed by atoms with Gasteiger partial charge < -0.3 is 10.4 Å². The van der Waals surface area contributed by atoms with Crippen LogP contribution < -0.4 is 5.32 Å². The van der Waals surface area contributed by atoms with Crippen molar-refractivity contribution in [2.75, 3.05) is 5.32 Å². The second-order valence-corrected chi connectivity index (χ2v) is 5.42. The number of halogens is 2. The first-order valence-corrected chi connectivity index (χ1v) is 6.98. The van der Waals surface area contributed by atoms with Gasteiger partial charge in [-0.05, 0) is 29.7 Å². The van der Waals surface area contributed by atoms with Crippen molar-refractivity contribution < 1.29 is 14.3 Å². The van der Waals surface area contributed by atoms with Crippen LogP contribution in [0.2, 0.25) is 5.02 Å². The number of anilines is 1. The van der Waals surface area contributed by atoms with Crippen molar-refractivity contribution in [1.29, 1.82) is 0 Å². The van der Waals surface area contributed by atoms with Crippen LogP contribution in [0.1, 0.15) is 29.2 Å². The second-order valence-electron chi connectivity index (χ2n) is 5.01. The molecule has 0 aliphatic carbocycles. The van der Waals surface area contributed by atoms with Crippen LogP contribution >= 0.6 is 11.6 Å². The third-order valence-electron chi connectivity index (χ3n) is 3.60. The number of aryl methyl sites for hydroxylation is 1. The molecule has 3 rings (SSSR count). The van der Waals surface area contributed by atoms with Crippen LogP contribution in [0.15, 0.2) is 36.4 Å². The van der Waals surface area contributed by atoms with Crippen molar-refractivity contribution in [1.82, 2.24) is 0 Å². The summed E-state index contributed by atoms with van der Waals surface area (Å²) in [6, 6.07) is 9.40. The van der Waals surface area contributed by atoms with Crippen molar-refractivity contribution in [3.05, 3.63) is 63.9 Å². The molecule has 1 aliphatic heterocycles. The number of nitrogens with one attached hydrogen (secondary N) is 1. The van der Waals surface area contributed by atoms with Crippen LogP contribution in [0.5, 0.6) is 0 Å². The molecule has 2 aromatic rings. The van der Waals surface area contributed by atoms with Crippen LogP contribution in [-0.4, -0.2) is 11.0 Å². The highest BCUT2D eigenvalue weighted by molar-refractivity contribution is 6.34. The molecule has 0 saturated carbocycles. The van der Waals surface area contributed by atoms with Crippen molar-refractivity contribution >= 4 is 23.2 Å². The minimum Gasteiger partial charge on any atom is -0.384 e. The summed E-state index contributed by atoms with van der Waals surface area (Å²) in [5, 5.41) is 13.4. The van der Waals surface area contributed by atoms with Crippen molar-refractivity contribution in [3.63, 3.8) is 0 Å². The molecule has 108 valence electrons. The minimum absolute atomic E-state index is 0.0770. The van der Waals surface area contributed by atoms with Crippen molar-refractivity contribution in [2.45, 2.75) is 18.9 Å². The Morgan fingerprint density at radius 3 is 2.76 bits per heavy atom. The first-order chi connectivity index (χ1) is 10.1. The molecule has 0 saturated heterocycles. The zero-order valence-electron chi connectivity index (χ0n) is 11.1. The Balaban J connectivity index is 2.02. The second kappa shape index (κ2) is 5.47. The fourth-order valence-corrected chi connectivity index (χ4v) is 2.80. The molecular formula is C16H13ClFNO2. The highest BCUT2D eigenvalue weighted by Crippen LogP contribution is 2.35. The van der Waals surface area contributed by atoms with Gasteiger partial charge in [0, 0.05) is 12.0 Å². The molecule has 1 heterocycles. The number of fused-ring (bicyclic) bond motifs is 1. The number of aliphatic hydroxyl groups is 1. The van der Waals surface area contributed by atoms with Gasteiger partial charge in [0.05, 0.1) is 10.7 Å². The smallest absolute Gasteiger partial charge is 0.224 e. The molecule has 0 bridgehead atoms. The van der Waals surface area contributed by atoms with E-state index in [1.54, 1.807) is 24.3 Å². The predicted molar refractivity (Wildman–Crippen MR) is 78.9 cm³/mol. The van der Waals surface area contributed by atoms with Crippen molar-refractivity contribution in [3.8, 4) is 0 Å². The molecule has 0 aromatic heterocycles. The van der Waals surface area contributed by atoms with Gasteiger partial charge >= 0.3 is 0 Å². The Hall–Kier alpha value is -1.91. The molecule has 1 unspecified atom stereocenters. The normalized spacial score (nSPS) is 15.3. The molecule has 1 atom stereocenters. The van der Waals surface area contributed by atoms with Crippen LogP contribution in [0.3, 0.4) is 0 Å². The summed E-state index contributed by atoms with van der Waals surface area (Å²) in [6.07, 6.45) is -0.159. The number of benzene rings is 2. The van der Waals surface area contributed by atoms with Gasteiger partial charge in [-0.1, -0.05) is 35.9 Å². The third-order valence-corrected chi connectivity index (χ3v) is 3.89. The van der Waals surface area contributed by atoms with Gasteiger partial charge in [-0.15, -0.1) is 0 Å². The molecule has 1 amide bonds. The van der Waals surface area contributed by atoms with E-state index in [1.165, 1.54) is 12.1 Å². The lowest BCUT2D eigenvalue weighted by atomic mass is 9.95. The van der Waals surface area contributed by atoms with Gasteiger partial charge in [0.1, 0.15) is 11.9 Å². The Morgan fingerprint density at radius 1 is 1.24 bits per heavy atom. The van der Waals surface area contributed by atoms with E-state index in [9.17, 15) is 14.3 Å². The Morgan fingerprint density at radius 2 is 2.00 bits per heavy atom. The lowest BCUT2D eigenvalue weighted by molar-refractivity contribution is -0.116. The van der Waals surface area contributed by atoms with E-state index in [1.807, 2.05) is 0 Å². The van der Waals surface area contributed by atoms with E-state index in [-0.39, 0.29) is 11.5 Å². The molecule has 2 aromatic carbocycles. The summed E-state index contributed by atoms with van der Waals surface area (Å²) in [7, 11) is 0. The highest BCUT2D eigenvalue weighted by atomic mass is 35.5. The standard InChI is InChI=1S/C16H13ClFNO2/c17-12-8-10(7-9-5-6-14(20)19-15(9)12)16(21)11-3-1-2-4-13(11)18/h1-4,7-8,16,21H,5-6H2,(H,19,20). The number of aliphatic hydroxyl groups excluding tert-OH is 1. The van der Waals surface area contributed by atoms with Gasteiger partial charge in [-0.2, -0.15) is 0 Å². The van der Waals surface area contributed by atoms with Crippen LogP contribution in [0, 0.1) is 5.82 Å². The molecule has 1 aliphatic rings. The SMILES string of the molecule is O=C1CCc2cc(C(O)c3ccccc3F)cc(Cl)c2N1. The van der Waals surface area contributed by atoms with Crippen molar-refractivity contribution in [2.24, 2.45) is 0 Å². The zero-order chi connectivity index (χ0) is 15.0. The molecular weight excluding hydrogens is 293 g/mol. The summed E-state index contributed by atoms with van der Waals surface area (Å²) in [5.74, 6) is -0.543. The van der Waals surface area contributed by atoms with E-state index in [0.29, 0.717) is 29.1 Å². The number of rotatable bonds is 2. The zero-order valence-corrected chi connectivity index (χ0v) is 11.8. The van der Waals surface area contributed by atoms with Crippen LogP contribution in [-0.2, 0) is 11.2 Å². The molecule has 3 nitrogen and oxygen atoms in total. The molecule has 2 N–H and O–H groups in total. The van der Waals surface area contributed by atoms with Crippen LogP contribution in [0.25, 0.3) is 0 Å². The average Bonchev–Trinajstić information content (AvgIpc) is 2.47. The summed E-state index contributed by atoms with van der Waals surface area (Å²) in [6.45, 7) is 0. The van der Waals surface area contributed by atoms with E-state index >= 15 is 0 Å². The topological polar surface area (TPSA) is 49.3 Å². The van der Waals surface area contributed by atoms with Crippen LogP contribution in [0.4, 0.5) is 10.1 Å². The number of carbonyl (C=O) groups is 1. The summed E-state index contributed by atoms with van der Waals surface area (Å²) < 4.78 is 13.8. The summed E-state index contributed by atoms with van der Waals surface area (Å²) in [4.78, 5) is 11.4. The molecule has 21 heavy (non-hydrogen) atoms. The largest absolute Gasteiger partial charge is 0.384 e. The lowest BCUT2D eigenvalue weighted by Gasteiger charge is -2.21. The fourth-order valence-electron chi connectivity index (χ4n) is 2.51. The fraction of sp³-hybridized carbons (Fsp3) is 0.188. The first-order valence-electron chi connectivity index (χ1n) is 6.61. The maximum Gasteiger partial charge on any atom is 0.224 e. The summed E-state index contributed by atoms with van der Waals surface area (Å²) >= 11 is 6.16. The van der Waals surface area contributed by atoms with E-state index in [4.69, 9.17) is 11.6 Å². The van der Waals surface area contributed by atoms with E-state index in [0.717, 1.165) is 5.56 Å². The summed E-state index contributed by atoms with van der Waals surface area (Å²) in [5.41, 5.74) is 2.15. The van der Waals surface area contributed by atoms with E-state index < -0.39 is 11.9 Å². The number of hydrogen-bond donors (Lipinski definition) is 2. The number of amides is 1. The Bertz CT molecular complexity index is 717. The van der Waals surface area contributed by atoms with Gasteiger partial charge in [0.25, 0.3) is 0 Å². The minimum atomic E-state index is -1.09. The molecule has 5 heteroatoms. The first kappa shape index (κ1) is 14.0. The van der Waals surface area contributed by atoms with Gasteiger partial charge in [-0.25, -0.2) is 4.39 Å². The predicted octanol–water partition coefficient (Wildman–Crippen LogP) is 3.45. The van der Waals surface area contributed by atoms with Gasteiger partial charge in [-0.3, -0.25) is 4.79 Å². The number of carbonyl (C=O) groups excluding carboxylic acids is 1. The quantitative estimate of drug-likeness (QED) is 0.893.